The van der Waals surface area contributed by atoms with Crippen molar-refractivity contribution in [3.63, 3.8) is 0 Å². The van der Waals surface area contributed by atoms with Crippen molar-refractivity contribution in [1.29, 1.82) is 0 Å². The number of halogens is 1. The Morgan fingerprint density at radius 1 is 1.19 bits per heavy atom. The van der Waals surface area contributed by atoms with Crippen LogP contribution < -0.4 is 9.46 Å². The van der Waals surface area contributed by atoms with Crippen molar-refractivity contribution in [2.24, 2.45) is 0 Å². The second kappa shape index (κ2) is 5.61. The van der Waals surface area contributed by atoms with Gasteiger partial charge >= 0.3 is 0 Å². The van der Waals surface area contributed by atoms with Gasteiger partial charge in [0.25, 0.3) is 10.0 Å². The average Bonchev–Trinajstić information content (AvgIpc) is 2.43. The van der Waals surface area contributed by atoms with E-state index in [4.69, 9.17) is 4.74 Å². The SMILES string of the molecule is COc1ccc(NS(=O)(=O)c2cc(F)ccc2C)c(O)c1. The van der Waals surface area contributed by atoms with Crippen LogP contribution in [-0.4, -0.2) is 20.6 Å². The number of hydrogen-bond donors (Lipinski definition) is 2. The van der Waals surface area contributed by atoms with Crippen LogP contribution in [0.25, 0.3) is 0 Å². The van der Waals surface area contributed by atoms with E-state index in [2.05, 4.69) is 4.72 Å². The first-order valence-electron chi connectivity index (χ1n) is 5.99. The number of aryl methyl sites for hydroxylation is 1. The standard InChI is InChI=1S/C14H14FNO4S/c1-9-3-4-10(15)7-14(9)21(18,19)16-12-6-5-11(20-2)8-13(12)17/h3-8,16-17H,1-2H3. The van der Waals surface area contributed by atoms with Crippen molar-refractivity contribution < 1.29 is 22.7 Å². The number of anilines is 1. The molecule has 0 atom stereocenters. The third kappa shape index (κ3) is 3.25. The number of benzene rings is 2. The molecular weight excluding hydrogens is 297 g/mol. The van der Waals surface area contributed by atoms with Gasteiger partial charge in [-0.1, -0.05) is 6.07 Å². The lowest BCUT2D eigenvalue weighted by molar-refractivity contribution is 0.408. The molecule has 0 aromatic heterocycles. The zero-order valence-electron chi connectivity index (χ0n) is 11.4. The Hall–Kier alpha value is -2.28. The summed E-state index contributed by atoms with van der Waals surface area (Å²) >= 11 is 0. The van der Waals surface area contributed by atoms with Crippen LogP contribution in [0.3, 0.4) is 0 Å². The molecule has 0 aliphatic heterocycles. The smallest absolute Gasteiger partial charge is 0.262 e. The predicted molar refractivity (Wildman–Crippen MR) is 76.6 cm³/mol. The van der Waals surface area contributed by atoms with Crippen molar-refractivity contribution in [3.05, 3.63) is 47.8 Å². The summed E-state index contributed by atoms with van der Waals surface area (Å²) in [4.78, 5) is -0.183. The van der Waals surface area contributed by atoms with Crippen molar-refractivity contribution in [1.82, 2.24) is 0 Å². The minimum Gasteiger partial charge on any atom is -0.506 e. The number of aromatic hydroxyl groups is 1. The summed E-state index contributed by atoms with van der Waals surface area (Å²) in [5.74, 6) is -0.552. The second-order valence-electron chi connectivity index (χ2n) is 4.40. The molecule has 2 aromatic rings. The fourth-order valence-electron chi connectivity index (χ4n) is 1.79. The van der Waals surface area contributed by atoms with E-state index in [1.54, 1.807) is 6.92 Å². The molecule has 2 aromatic carbocycles. The lowest BCUT2D eigenvalue weighted by Crippen LogP contribution is -2.14. The first-order chi connectivity index (χ1) is 9.83. The van der Waals surface area contributed by atoms with Gasteiger partial charge in [-0.3, -0.25) is 4.72 Å². The van der Waals surface area contributed by atoms with Crippen molar-refractivity contribution >= 4 is 15.7 Å². The Balaban J connectivity index is 2.40. The second-order valence-corrected chi connectivity index (χ2v) is 6.05. The monoisotopic (exact) mass is 311 g/mol. The van der Waals surface area contributed by atoms with Crippen LogP contribution in [-0.2, 0) is 10.0 Å². The maximum absolute atomic E-state index is 13.2. The third-order valence-corrected chi connectivity index (χ3v) is 4.40. The maximum atomic E-state index is 13.2. The van der Waals surface area contributed by atoms with Gasteiger partial charge in [0, 0.05) is 6.07 Å². The first kappa shape index (κ1) is 15.1. The van der Waals surface area contributed by atoms with Gasteiger partial charge in [-0.25, -0.2) is 12.8 Å². The largest absolute Gasteiger partial charge is 0.506 e. The number of ether oxygens (including phenoxy) is 1. The molecule has 0 bridgehead atoms. The van der Waals surface area contributed by atoms with E-state index in [0.717, 1.165) is 6.07 Å². The van der Waals surface area contributed by atoms with Crippen LogP contribution in [0.1, 0.15) is 5.56 Å². The van der Waals surface area contributed by atoms with E-state index in [0.29, 0.717) is 11.3 Å². The molecule has 0 aliphatic rings. The Kier molecular flexibility index (Phi) is 4.04. The van der Waals surface area contributed by atoms with Crippen LogP contribution in [0.5, 0.6) is 11.5 Å². The minimum atomic E-state index is -4.00. The van der Waals surface area contributed by atoms with Gasteiger partial charge < -0.3 is 9.84 Å². The van der Waals surface area contributed by atoms with E-state index in [9.17, 15) is 17.9 Å². The van der Waals surface area contributed by atoms with Gasteiger partial charge in [0.2, 0.25) is 0 Å². The van der Waals surface area contributed by atoms with E-state index in [-0.39, 0.29) is 16.3 Å². The molecule has 21 heavy (non-hydrogen) atoms. The Morgan fingerprint density at radius 2 is 1.90 bits per heavy atom. The number of phenols is 1. The summed E-state index contributed by atoms with van der Waals surface area (Å²) in [6, 6.07) is 7.61. The minimum absolute atomic E-state index is 0.0144. The molecule has 0 spiro atoms. The molecule has 0 radical (unpaired) electrons. The Labute approximate surface area is 122 Å². The molecule has 7 heteroatoms. The highest BCUT2D eigenvalue weighted by atomic mass is 32.2. The molecule has 0 amide bonds. The quantitative estimate of drug-likeness (QED) is 0.851. The van der Waals surface area contributed by atoms with Crippen molar-refractivity contribution in [2.75, 3.05) is 11.8 Å². The number of nitrogens with one attached hydrogen (secondary N) is 1. The lowest BCUT2D eigenvalue weighted by atomic mass is 10.2. The average molecular weight is 311 g/mol. The number of rotatable bonds is 4. The predicted octanol–water partition coefficient (Wildman–Crippen LogP) is 2.65. The lowest BCUT2D eigenvalue weighted by Gasteiger charge is -2.12. The maximum Gasteiger partial charge on any atom is 0.262 e. The number of phenolic OH excluding ortho intramolecular Hbond substituents is 1. The normalized spacial score (nSPS) is 11.2. The molecule has 0 unspecified atom stereocenters. The highest BCUT2D eigenvalue weighted by Gasteiger charge is 2.19. The molecule has 5 nitrogen and oxygen atoms in total. The summed E-state index contributed by atoms with van der Waals surface area (Å²) < 4.78 is 44.9. The molecule has 0 aliphatic carbocycles. The van der Waals surface area contributed by atoms with Crippen LogP contribution in [0.2, 0.25) is 0 Å². The summed E-state index contributed by atoms with van der Waals surface area (Å²) in [5.41, 5.74) is 0.386. The fourth-order valence-corrected chi connectivity index (χ4v) is 3.12. The Bertz CT molecular complexity index is 775. The number of hydrogen-bond acceptors (Lipinski definition) is 4. The molecule has 0 saturated heterocycles. The molecule has 0 fully saturated rings. The molecule has 112 valence electrons. The van der Waals surface area contributed by atoms with E-state index in [1.165, 1.54) is 37.4 Å². The zero-order valence-corrected chi connectivity index (χ0v) is 12.2. The van der Waals surface area contributed by atoms with Gasteiger partial charge in [-0.15, -0.1) is 0 Å². The molecule has 2 N–H and O–H groups in total. The molecule has 0 heterocycles. The van der Waals surface area contributed by atoms with E-state index in [1.807, 2.05) is 0 Å². The number of sulfonamides is 1. The van der Waals surface area contributed by atoms with Crippen LogP contribution in [0.4, 0.5) is 10.1 Å². The van der Waals surface area contributed by atoms with Gasteiger partial charge in [0.05, 0.1) is 17.7 Å². The first-order valence-corrected chi connectivity index (χ1v) is 7.48. The molecule has 2 rings (SSSR count). The number of methoxy groups -OCH3 is 1. The summed E-state index contributed by atoms with van der Waals surface area (Å²) in [7, 11) is -2.57. The van der Waals surface area contributed by atoms with Gasteiger partial charge in [0.15, 0.2) is 0 Å². The van der Waals surface area contributed by atoms with Crippen LogP contribution in [0, 0.1) is 12.7 Å². The Morgan fingerprint density at radius 3 is 2.52 bits per heavy atom. The van der Waals surface area contributed by atoms with Crippen molar-refractivity contribution in [3.8, 4) is 11.5 Å². The molecular formula is C14H14FNO4S. The van der Waals surface area contributed by atoms with Gasteiger partial charge in [-0.2, -0.15) is 0 Å². The van der Waals surface area contributed by atoms with Gasteiger partial charge in [-0.05, 0) is 36.8 Å². The van der Waals surface area contributed by atoms with Crippen molar-refractivity contribution in [2.45, 2.75) is 11.8 Å². The highest BCUT2D eigenvalue weighted by Crippen LogP contribution is 2.30. The van der Waals surface area contributed by atoms with Crippen LogP contribution >= 0.6 is 0 Å². The summed E-state index contributed by atoms with van der Waals surface area (Å²) in [5, 5.41) is 9.78. The summed E-state index contributed by atoms with van der Waals surface area (Å²) in [6.07, 6.45) is 0. The zero-order chi connectivity index (χ0) is 15.6. The fraction of sp³-hybridized carbons (Fsp3) is 0.143. The third-order valence-electron chi connectivity index (χ3n) is 2.89. The van der Waals surface area contributed by atoms with E-state index >= 15 is 0 Å². The van der Waals surface area contributed by atoms with Gasteiger partial charge in [0.1, 0.15) is 17.3 Å². The topological polar surface area (TPSA) is 75.6 Å². The summed E-state index contributed by atoms with van der Waals surface area (Å²) in [6.45, 7) is 1.56. The highest BCUT2D eigenvalue weighted by molar-refractivity contribution is 7.92. The van der Waals surface area contributed by atoms with Crippen LogP contribution in [0.15, 0.2) is 41.3 Å². The van der Waals surface area contributed by atoms with E-state index < -0.39 is 15.8 Å². The molecule has 0 saturated carbocycles.